The van der Waals surface area contributed by atoms with Crippen molar-refractivity contribution in [3.63, 3.8) is 0 Å². The van der Waals surface area contributed by atoms with Crippen molar-refractivity contribution in [2.75, 3.05) is 25.4 Å². The second kappa shape index (κ2) is 10.1. The smallest absolute Gasteiger partial charge is 0.325 e. The number of fused-ring (bicyclic) bond motifs is 1. The summed E-state index contributed by atoms with van der Waals surface area (Å²) < 4.78 is 0. The number of likely N-dealkylation sites (tertiary alicyclic amines) is 1. The van der Waals surface area contributed by atoms with Crippen molar-refractivity contribution in [2.24, 2.45) is 5.92 Å². The van der Waals surface area contributed by atoms with Crippen LogP contribution in [-0.4, -0.2) is 57.1 Å². The highest BCUT2D eigenvalue weighted by molar-refractivity contribution is 8.03. The molecule has 31 heavy (non-hydrogen) atoms. The van der Waals surface area contributed by atoms with Gasteiger partial charge in [0.05, 0.1) is 11.9 Å². The average molecular weight is 440 g/mol. The lowest BCUT2D eigenvalue weighted by Gasteiger charge is -2.31. The van der Waals surface area contributed by atoms with E-state index in [2.05, 4.69) is 21.4 Å². The molecule has 0 spiro atoms. The number of allylic oxidation sites excluding steroid dienone is 2. The number of nitrogens with one attached hydrogen (secondary N) is 1. The van der Waals surface area contributed by atoms with Gasteiger partial charge in [0.15, 0.2) is 0 Å². The Labute approximate surface area is 187 Å². The number of aromatic nitrogens is 2. The summed E-state index contributed by atoms with van der Waals surface area (Å²) in [6, 6.07) is -0.0682. The van der Waals surface area contributed by atoms with Crippen molar-refractivity contribution in [3.05, 3.63) is 58.8 Å². The van der Waals surface area contributed by atoms with E-state index in [9.17, 15) is 9.59 Å². The Kier molecular flexibility index (Phi) is 7.06. The summed E-state index contributed by atoms with van der Waals surface area (Å²) in [5.41, 5.74) is 2.46. The van der Waals surface area contributed by atoms with Crippen LogP contribution in [0.5, 0.6) is 0 Å². The van der Waals surface area contributed by atoms with E-state index in [1.807, 2.05) is 30.3 Å². The minimum atomic E-state index is -0.0682. The number of hydrogen-bond acceptors (Lipinski definition) is 5. The predicted molar refractivity (Wildman–Crippen MR) is 122 cm³/mol. The van der Waals surface area contributed by atoms with Crippen molar-refractivity contribution >= 4 is 23.7 Å². The van der Waals surface area contributed by atoms with Crippen LogP contribution in [0.4, 0.5) is 4.79 Å². The van der Waals surface area contributed by atoms with E-state index in [4.69, 9.17) is 0 Å². The molecule has 1 saturated heterocycles. The summed E-state index contributed by atoms with van der Waals surface area (Å²) in [5, 5.41) is 3.01. The van der Waals surface area contributed by atoms with Crippen molar-refractivity contribution < 1.29 is 9.59 Å². The first-order valence-electron chi connectivity index (χ1n) is 11.0. The summed E-state index contributed by atoms with van der Waals surface area (Å²) in [5.74, 6) is 1.60. The van der Waals surface area contributed by atoms with Gasteiger partial charge in [-0.3, -0.25) is 14.7 Å². The minimum Gasteiger partial charge on any atom is -0.337 e. The number of amides is 3. The maximum Gasteiger partial charge on any atom is 0.325 e. The number of aryl methyl sites for hydroxylation is 1. The largest absolute Gasteiger partial charge is 0.337 e. The van der Waals surface area contributed by atoms with E-state index in [1.54, 1.807) is 29.1 Å². The Hall–Kier alpha value is -2.61. The number of hydrogen-bond donors (Lipinski definition) is 1. The molecule has 0 unspecified atom stereocenters. The fraction of sp³-hybridized carbons (Fsp3) is 0.478. The third-order valence-corrected chi connectivity index (χ3v) is 6.93. The Balaban J connectivity index is 1.10. The quantitative estimate of drug-likeness (QED) is 0.681. The Bertz CT molecular complexity index is 901. The molecule has 3 aliphatic rings. The number of rotatable bonds is 6. The van der Waals surface area contributed by atoms with E-state index in [0.29, 0.717) is 18.2 Å². The zero-order valence-electron chi connectivity index (χ0n) is 17.9. The normalized spacial score (nSPS) is 18.5. The Morgan fingerprint density at radius 3 is 2.81 bits per heavy atom. The van der Waals surface area contributed by atoms with Gasteiger partial charge in [0.1, 0.15) is 5.69 Å². The van der Waals surface area contributed by atoms with Gasteiger partial charge in [-0.05, 0) is 43.8 Å². The molecule has 3 amide bonds. The molecule has 4 heterocycles. The van der Waals surface area contributed by atoms with Gasteiger partial charge in [0.2, 0.25) is 0 Å². The Morgan fingerprint density at radius 1 is 1.19 bits per heavy atom. The van der Waals surface area contributed by atoms with Crippen LogP contribution in [0.3, 0.4) is 0 Å². The van der Waals surface area contributed by atoms with Gasteiger partial charge in [-0.25, -0.2) is 9.78 Å². The lowest BCUT2D eigenvalue weighted by atomic mass is 9.91. The second-order valence-electron chi connectivity index (χ2n) is 8.19. The number of urea groups is 1. The van der Waals surface area contributed by atoms with Crippen LogP contribution in [0.1, 0.15) is 48.3 Å². The van der Waals surface area contributed by atoms with E-state index in [0.717, 1.165) is 61.5 Å². The van der Waals surface area contributed by atoms with E-state index >= 15 is 0 Å². The molecule has 0 radical (unpaired) electrons. The number of carbonyl (C=O) groups excluding carboxylic acids is 2. The molecule has 3 aliphatic heterocycles. The molecule has 0 atom stereocenters. The maximum absolute atomic E-state index is 12.5. The number of carbonyl (C=O) groups is 2. The first kappa shape index (κ1) is 21.6. The fourth-order valence-electron chi connectivity index (χ4n) is 4.06. The molecular formula is C23H29N5O2S. The van der Waals surface area contributed by atoms with Crippen LogP contribution in [-0.2, 0) is 0 Å². The zero-order chi connectivity index (χ0) is 21.6. The molecule has 4 rings (SSSR count). The van der Waals surface area contributed by atoms with Crippen molar-refractivity contribution in [1.82, 2.24) is 25.1 Å². The van der Waals surface area contributed by atoms with Gasteiger partial charge >= 0.3 is 6.03 Å². The average Bonchev–Trinajstić information content (AvgIpc) is 3.27. The third-order valence-electron chi connectivity index (χ3n) is 5.95. The Morgan fingerprint density at radius 2 is 2.03 bits per heavy atom. The second-order valence-corrected chi connectivity index (χ2v) is 9.25. The van der Waals surface area contributed by atoms with Gasteiger partial charge in [-0.2, -0.15) is 0 Å². The molecule has 0 bridgehead atoms. The number of unbranched alkanes of at least 4 members (excludes halogenated alkanes) is 1. The molecule has 164 valence electrons. The molecule has 1 N–H and O–H groups in total. The van der Waals surface area contributed by atoms with Crippen molar-refractivity contribution in [3.8, 4) is 0 Å². The molecule has 0 aromatic carbocycles. The monoisotopic (exact) mass is 439 g/mol. The summed E-state index contributed by atoms with van der Waals surface area (Å²) in [4.78, 5) is 37.9. The lowest BCUT2D eigenvalue weighted by molar-refractivity contribution is 0.0679. The molecule has 7 nitrogen and oxygen atoms in total. The van der Waals surface area contributed by atoms with E-state index in [1.165, 1.54) is 5.57 Å². The summed E-state index contributed by atoms with van der Waals surface area (Å²) in [7, 11) is 0. The number of piperidine rings is 1. The van der Waals surface area contributed by atoms with E-state index in [-0.39, 0.29) is 11.9 Å². The van der Waals surface area contributed by atoms with Crippen LogP contribution in [0.2, 0.25) is 0 Å². The maximum atomic E-state index is 12.5. The van der Waals surface area contributed by atoms with Crippen LogP contribution in [0.25, 0.3) is 0 Å². The van der Waals surface area contributed by atoms with Gasteiger partial charge in [0.25, 0.3) is 5.91 Å². The molecule has 1 aromatic rings. The highest BCUT2D eigenvalue weighted by Crippen LogP contribution is 2.34. The third kappa shape index (κ3) is 5.55. The molecule has 0 aliphatic carbocycles. The molecular weight excluding hydrogens is 410 g/mol. The highest BCUT2D eigenvalue weighted by atomic mass is 32.2. The predicted octanol–water partition coefficient (Wildman–Crippen LogP) is 3.86. The van der Waals surface area contributed by atoms with Crippen LogP contribution in [0, 0.1) is 12.8 Å². The molecule has 8 heteroatoms. The van der Waals surface area contributed by atoms with Crippen LogP contribution >= 0.6 is 11.8 Å². The van der Waals surface area contributed by atoms with Crippen molar-refractivity contribution in [1.29, 1.82) is 0 Å². The lowest BCUT2D eigenvalue weighted by Crippen LogP contribution is -2.39. The summed E-state index contributed by atoms with van der Waals surface area (Å²) in [6.45, 7) is 4.11. The van der Waals surface area contributed by atoms with Gasteiger partial charge < -0.3 is 10.2 Å². The first-order chi connectivity index (χ1) is 15.1. The molecule has 1 fully saturated rings. The topological polar surface area (TPSA) is 78.4 Å². The number of thioether (sulfide) groups is 1. The van der Waals surface area contributed by atoms with Gasteiger partial charge in [0, 0.05) is 48.9 Å². The van der Waals surface area contributed by atoms with Gasteiger partial charge in [-0.15, -0.1) is 11.8 Å². The van der Waals surface area contributed by atoms with E-state index < -0.39 is 0 Å². The van der Waals surface area contributed by atoms with Crippen LogP contribution in [0.15, 0.2) is 47.4 Å². The van der Waals surface area contributed by atoms with Crippen molar-refractivity contribution in [2.45, 2.75) is 39.0 Å². The minimum absolute atomic E-state index is 0.0194. The summed E-state index contributed by atoms with van der Waals surface area (Å²) >= 11 is 1.76. The molecule has 1 aromatic heterocycles. The van der Waals surface area contributed by atoms with Crippen LogP contribution < -0.4 is 5.32 Å². The zero-order valence-corrected chi connectivity index (χ0v) is 18.7. The molecule has 0 saturated carbocycles. The first-order valence-corrected chi connectivity index (χ1v) is 12.0. The summed E-state index contributed by atoms with van der Waals surface area (Å²) in [6.07, 6.45) is 16.4. The SMILES string of the molecule is Cc1cnc(C(=O)N2CCC(CCCCNC(=O)N3C=CC4=CCSC4=C3)CC2)cn1. The number of nitrogens with zero attached hydrogens (tertiary/aromatic N) is 4. The van der Waals surface area contributed by atoms with Gasteiger partial charge in [-0.1, -0.05) is 18.9 Å². The fourth-order valence-corrected chi connectivity index (χ4v) is 5.01. The standard InChI is InChI=1S/C23H29N5O2S/c1-17-14-26-20(15-25-17)22(29)27-10-5-18(6-11-27)4-2-3-9-24-23(30)28-12-7-19-8-13-31-21(19)16-28/h7-8,12,14-16,18H,2-6,9-11,13H2,1H3,(H,24,30). The highest BCUT2D eigenvalue weighted by Gasteiger charge is 2.24.